The second-order valence-electron chi connectivity index (χ2n) is 9.12. The number of hydrogen-bond donors (Lipinski definition) is 1. The third kappa shape index (κ3) is 5.93. The minimum absolute atomic E-state index is 0.0727. The molecule has 1 N–H and O–H groups in total. The third-order valence-corrected chi connectivity index (χ3v) is 6.79. The molecule has 2 amide bonds. The summed E-state index contributed by atoms with van der Waals surface area (Å²) in [6.07, 6.45) is 3.06. The molecule has 1 atom stereocenters. The SMILES string of the molecule is CCOC(=O)C[C@@H](c1ccc(OC)c(F)c1)N1CCN(CCCc2nc3c(cc2C#N)CCCN3)C1=O. The molecule has 9 nitrogen and oxygen atoms in total. The molecule has 0 spiro atoms. The van der Waals surface area contributed by atoms with Gasteiger partial charge in [0.25, 0.3) is 0 Å². The van der Waals surface area contributed by atoms with E-state index in [1.54, 1.807) is 22.8 Å². The quantitative estimate of drug-likeness (QED) is 0.485. The van der Waals surface area contributed by atoms with Crippen molar-refractivity contribution in [3.63, 3.8) is 0 Å². The van der Waals surface area contributed by atoms with Crippen LogP contribution in [0.2, 0.25) is 0 Å². The summed E-state index contributed by atoms with van der Waals surface area (Å²) < 4.78 is 24.6. The van der Waals surface area contributed by atoms with E-state index in [1.807, 2.05) is 6.07 Å². The Morgan fingerprint density at radius 2 is 2.16 bits per heavy atom. The number of urea groups is 1. The van der Waals surface area contributed by atoms with Crippen molar-refractivity contribution in [2.45, 2.75) is 45.1 Å². The minimum atomic E-state index is -0.657. The first-order valence-corrected chi connectivity index (χ1v) is 12.7. The van der Waals surface area contributed by atoms with E-state index in [9.17, 15) is 19.2 Å². The van der Waals surface area contributed by atoms with Gasteiger partial charge in [0.05, 0.1) is 37.4 Å². The van der Waals surface area contributed by atoms with Crippen molar-refractivity contribution in [2.24, 2.45) is 0 Å². The van der Waals surface area contributed by atoms with Crippen LogP contribution >= 0.6 is 0 Å². The van der Waals surface area contributed by atoms with Crippen LogP contribution in [-0.2, 0) is 22.4 Å². The van der Waals surface area contributed by atoms with E-state index >= 15 is 0 Å². The van der Waals surface area contributed by atoms with E-state index < -0.39 is 17.8 Å². The molecule has 2 aromatic rings. The number of halogens is 1. The summed E-state index contributed by atoms with van der Waals surface area (Å²) in [5, 5.41) is 12.9. The molecular weight excluding hydrogens is 477 g/mol. The lowest BCUT2D eigenvalue weighted by Crippen LogP contribution is -2.36. The van der Waals surface area contributed by atoms with Gasteiger partial charge in [-0.2, -0.15) is 5.26 Å². The van der Waals surface area contributed by atoms with Gasteiger partial charge in [-0.1, -0.05) is 6.07 Å². The zero-order valence-corrected chi connectivity index (χ0v) is 21.3. The number of ether oxygens (including phenoxy) is 2. The fourth-order valence-electron chi connectivity index (χ4n) is 4.92. The van der Waals surface area contributed by atoms with Gasteiger partial charge in [-0.3, -0.25) is 4.79 Å². The Labute approximate surface area is 216 Å². The topological polar surface area (TPSA) is 108 Å². The highest BCUT2D eigenvalue weighted by atomic mass is 19.1. The molecule has 0 radical (unpaired) electrons. The fourth-order valence-corrected chi connectivity index (χ4v) is 4.92. The molecule has 1 aromatic heterocycles. The standard InChI is InChI=1S/C27H32FN5O4/c1-3-37-25(34)16-23(18-8-9-24(36-2)21(28)15-18)33-13-12-32(27(33)35)11-5-7-22-20(17-29)14-19-6-4-10-30-26(19)31-22/h8-9,14-15,23H,3-7,10-13,16H2,1-2H3,(H,30,31)/t23-/m0/s1. The van der Waals surface area contributed by atoms with E-state index in [0.717, 1.165) is 36.5 Å². The van der Waals surface area contributed by atoms with Crippen LogP contribution in [0, 0.1) is 17.1 Å². The number of nitrogens with one attached hydrogen (secondary N) is 1. The molecule has 1 aromatic carbocycles. The smallest absolute Gasteiger partial charge is 0.320 e. The van der Waals surface area contributed by atoms with Crippen LogP contribution in [0.1, 0.15) is 54.6 Å². The molecule has 10 heteroatoms. The average Bonchev–Trinajstić information content (AvgIpc) is 3.26. The van der Waals surface area contributed by atoms with Gasteiger partial charge >= 0.3 is 12.0 Å². The monoisotopic (exact) mass is 509 g/mol. The number of fused-ring (bicyclic) bond motifs is 1. The molecule has 1 fully saturated rings. The molecule has 1 saturated heterocycles. The molecule has 2 aliphatic rings. The van der Waals surface area contributed by atoms with Gasteiger partial charge in [0.1, 0.15) is 11.9 Å². The first-order valence-electron chi connectivity index (χ1n) is 12.7. The van der Waals surface area contributed by atoms with Gasteiger partial charge < -0.3 is 24.6 Å². The maximum Gasteiger partial charge on any atom is 0.320 e. The van der Waals surface area contributed by atoms with Crippen LogP contribution in [-0.4, -0.2) is 66.7 Å². The summed E-state index contributed by atoms with van der Waals surface area (Å²) >= 11 is 0. The van der Waals surface area contributed by atoms with Crippen molar-refractivity contribution < 1.29 is 23.5 Å². The van der Waals surface area contributed by atoms with E-state index in [1.165, 1.54) is 19.2 Å². The number of aromatic nitrogens is 1. The number of methoxy groups -OCH3 is 1. The Morgan fingerprint density at radius 1 is 1.32 bits per heavy atom. The molecule has 2 aliphatic heterocycles. The first-order chi connectivity index (χ1) is 17.9. The molecule has 0 saturated carbocycles. The normalized spacial score (nSPS) is 15.6. The second kappa shape index (κ2) is 11.9. The van der Waals surface area contributed by atoms with Crippen molar-refractivity contribution in [2.75, 3.05) is 45.2 Å². The van der Waals surface area contributed by atoms with Crippen LogP contribution in [0.5, 0.6) is 5.75 Å². The highest BCUT2D eigenvalue weighted by Crippen LogP contribution is 2.31. The summed E-state index contributed by atoms with van der Waals surface area (Å²) in [5.41, 5.74) is 2.88. The van der Waals surface area contributed by atoms with E-state index in [-0.39, 0.29) is 24.8 Å². The summed E-state index contributed by atoms with van der Waals surface area (Å²) in [4.78, 5) is 33.7. The van der Waals surface area contributed by atoms with Crippen LogP contribution in [0.4, 0.5) is 15.0 Å². The summed E-state index contributed by atoms with van der Waals surface area (Å²) in [7, 11) is 1.38. The number of anilines is 1. The maximum atomic E-state index is 14.5. The highest BCUT2D eigenvalue weighted by molar-refractivity contribution is 5.78. The molecular formula is C27H32FN5O4. The lowest BCUT2D eigenvalue weighted by Gasteiger charge is -2.28. The van der Waals surface area contributed by atoms with Crippen LogP contribution < -0.4 is 10.1 Å². The highest BCUT2D eigenvalue weighted by Gasteiger charge is 2.36. The number of nitriles is 1. The number of amides is 2. The lowest BCUT2D eigenvalue weighted by molar-refractivity contribution is -0.144. The molecule has 196 valence electrons. The van der Waals surface area contributed by atoms with E-state index in [0.29, 0.717) is 43.6 Å². The predicted octanol–water partition coefficient (Wildman–Crippen LogP) is 3.82. The molecule has 4 rings (SSSR count). The molecule has 0 unspecified atom stereocenters. The number of carbonyl (C=O) groups is 2. The van der Waals surface area contributed by atoms with Crippen LogP contribution in [0.25, 0.3) is 0 Å². The number of pyridine rings is 1. The number of aryl methyl sites for hydroxylation is 2. The Morgan fingerprint density at radius 3 is 2.89 bits per heavy atom. The first kappa shape index (κ1) is 26.2. The lowest BCUT2D eigenvalue weighted by atomic mass is 10.0. The Balaban J connectivity index is 1.44. The Bertz CT molecular complexity index is 1200. The zero-order valence-electron chi connectivity index (χ0n) is 21.3. The molecule has 3 heterocycles. The second-order valence-corrected chi connectivity index (χ2v) is 9.12. The summed E-state index contributed by atoms with van der Waals surface area (Å²) in [5.74, 6) is -0.0725. The summed E-state index contributed by atoms with van der Waals surface area (Å²) in [6, 6.07) is 7.76. The van der Waals surface area contributed by atoms with Crippen molar-refractivity contribution in [1.82, 2.24) is 14.8 Å². The van der Waals surface area contributed by atoms with Crippen molar-refractivity contribution >= 4 is 17.8 Å². The van der Waals surface area contributed by atoms with Gasteiger partial charge in [-0.05, 0) is 61.9 Å². The van der Waals surface area contributed by atoms with Crippen molar-refractivity contribution in [3.05, 3.63) is 52.5 Å². The van der Waals surface area contributed by atoms with E-state index in [2.05, 4.69) is 16.4 Å². The number of nitrogens with zero attached hydrogens (tertiary/aromatic N) is 4. The molecule has 0 aliphatic carbocycles. The summed E-state index contributed by atoms with van der Waals surface area (Å²) in [6.45, 7) is 4.18. The maximum absolute atomic E-state index is 14.5. The van der Waals surface area contributed by atoms with Crippen molar-refractivity contribution in [3.8, 4) is 11.8 Å². The number of hydrogen-bond acceptors (Lipinski definition) is 7. The number of benzene rings is 1. The Kier molecular flexibility index (Phi) is 8.43. The van der Waals surface area contributed by atoms with Crippen molar-refractivity contribution in [1.29, 1.82) is 5.26 Å². The third-order valence-electron chi connectivity index (χ3n) is 6.79. The Hall–Kier alpha value is -3.87. The van der Waals surface area contributed by atoms with Gasteiger partial charge in [0.2, 0.25) is 0 Å². The predicted molar refractivity (Wildman–Crippen MR) is 135 cm³/mol. The zero-order chi connectivity index (χ0) is 26.4. The number of rotatable bonds is 10. The van der Waals surface area contributed by atoms with Crippen LogP contribution in [0.3, 0.4) is 0 Å². The molecule has 0 bridgehead atoms. The van der Waals surface area contributed by atoms with E-state index in [4.69, 9.17) is 9.47 Å². The fraction of sp³-hybridized carbons (Fsp3) is 0.481. The van der Waals surface area contributed by atoms with Gasteiger partial charge in [-0.15, -0.1) is 0 Å². The average molecular weight is 510 g/mol. The largest absolute Gasteiger partial charge is 0.494 e. The molecule has 37 heavy (non-hydrogen) atoms. The number of carbonyl (C=O) groups excluding carboxylic acids is 2. The van der Waals surface area contributed by atoms with Gasteiger partial charge in [-0.25, -0.2) is 14.2 Å². The van der Waals surface area contributed by atoms with Gasteiger partial charge in [0, 0.05) is 26.2 Å². The van der Waals surface area contributed by atoms with Crippen LogP contribution in [0.15, 0.2) is 24.3 Å². The van der Waals surface area contributed by atoms with Gasteiger partial charge in [0.15, 0.2) is 11.6 Å². The minimum Gasteiger partial charge on any atom is -0.494 e. The number of esters is 1.